The van der Waals surface area contributed by atoms with Crippen LogP contribution in [0.1, 0.15) is 10.4 Å². The van der Waals surface area contributed by atoms with Gasteiger partial charge in [-0.15, -0.1) is 11.3 Å². The summed E-state index contributed by atoms with van der Waals surface area (Å²) in [4.78, 5) is 38.5. The molecule has 0 saturated heterocycles. The molecule has 10 nitrogen and oxygen atoms in total. The lowest BCUT2D eigenvalue weighted by Gasteiger charge is -2.09. The van der Waals surface area contributed by atoms with Gasteiger partial charge >= 0.3 is 0 Å². The Hall–Kier alpha value is -4.12. The summed E-state index contributed by atoms with van der Waals surface area (Å²) < 4.78 is 1.85. The number of nitrogens with zero attached hydrogens (tertiary/aromatic N) is 4. The molecule has 0 bridgehead atoms. The molecule has 0 aliphatic carbocycles. The van der Waals surface area contributed by atoms with E-state index in [4.69, 9.17) is 0 Å². The van der Waals surface area contributed by atoms with Gasteiger partial charge in [-0.05, 0) is 6.07 Å². The minimum atomic E-state index is -0.782. The largest absolute Gasteiger partial charge is 0.321 e. The first-order valence-electron chi connectivity index (χ1n) is 8.19. The maximum absolute atomic E-state index is 12.7. The molecule has 2 heterocycles. The maximum atomic E-state index is 12.7. The molecule has 0 aliphatic heterocycles. The van der Waals surface area contributed by atoms with Gasteiger partial charge in [0.1, 0.15) is 0 Å². The molecule has 0 fully saturated rings. The van der Waals surface area contributed by atoms with Crippen LogP contribution < -0.4 is 5.32 Å². The summed E-state index contributed by atoms with van der Waals surface area (Å²) in [5.41, 5.74) is 0.456. The van der Waals surface area contributed by atoms with Crippen LogP contribution in [0.4, 0.5) is 17.1 Å². The Morgan fingerprint density at radius 2 is 1.76 bits per heavy atom. The average Bonchev–Trinajstić information content (AvgIpc) is 3.30. The van der Waals surface area contributed by atoms with Crippen LogP contribution in [-0.4, -0.2) is 25.1 Å². The second kappa shape index (κ2) is 7.13. The number of amides is 1. The van der Waals surface area contributed by atoms with Crippen molar-refractivity contribution < 1.29 is 14.6 Å². The molecular weight excluding hydrogens is 398 g/mol. The van der Waals surface area contributed by atoms with E-state index in [1.807, 2.05) is 22.2 Å². The Balaban J connectivity index is 1.70. The van der Waals surface area contributed by atoms with Crippen LogP contribution in [0, 0.1) is 20.2 Å². The highest BCUT2D eigenvalue weighted by Crippen LogP contribution is 2.29. The second-order valence-corrected chi connectivity index (χ2v) is 6.84. The highest BCUT2D eigenvalue weighted by Gasteiger charge is 2.21. The Labute approximate surface area is 166 Å². The van der Waals surface area contributed by atoms with E-state index in [1.165, 1.54) is 11.3 Å². The molecule has 0 unspecified atom stereocenters. The number of nitro benzene ring substituents is 2. The van der Waals surface area contributed by atoms with Crippen molar-refractivity contribution in [2.45, 2.75) is 0 Å². The molecule has 0 radical (unpaired) electrons. The monoisotopic (exact) mass is 409 g/mol. The number of carbonyl (C=O) groups is 1. The molecule has 1 N–H and O–H groups in total. The second-order valence-electron chi connectivity index (χ2n) is 5.97. The van der Waals surface area contributed by atoms with Crippen molar-refractivity contribution in [1.29, 1.82) is 0 Å². The summed E-state index contributed by atoms with van der Waals surface area (Å²) in [5.74, 6) is -0.703. The van der Waals surface area contributed by atoms with Gasteiger partial charge in [0.2, 0.25) is 0 Å². The first-order valence-corrected chi connectivity index (χ1v) is 9.07. The first kappa shape index (κ1) is 18.3. The Bertz CT molecular complexity index is 1220. The average molecular weight is 409 g/mol. The van der Waals surface area contributed by atoms with Crippen LogP contribution in [0.15, 0.2) is 60.2 Å². The van der Waals surface area contributed by atoms with Gasteiger partial charge in [-0.2, -0.15) is 0 Å². The predicted octanol–water partition coefficient (Wildman–Crippen LogP) is 4.13. The molecule has 4 rings (SSSR count). The zero-order valence-corrected chi connectivity index (χ0v) is 15.3. The Kier molecular flexibility index (Phi) is 4.49. The van der Waals surface area contributed by atoms with Crippen LogP contribution >= 0.6 is 11.3 Å². The lowest BCUT2D eigenvalue weighted by molar-refractivity contribution is -0.394. The van der Waals surface area contributed by atoms with Gasteiger partial charge in [0.15, 0.2) is 4.96 Å². The minimum Gasteiger partial charge on any atom is -0.321 e. The van der Waals surface area contributed by atoms with Crippen LogP contribution in [0.25, 0.3) is 16.2 Å². The number of anilines is 1. The highest BCUT2D eigenvalue weighted by atomic mass is 32.1. The first-order chi connectivity index (χ1) is 13.9. The number of hydrogen-bond donors (Lipinski definition) is 1. The molecule has 29 heavy (non-hydrogen) atoms. The van der Waals surface area contributed by atoms with E-state index in [2.05, 4.69) is 10.3 Å². The van der Waals surface area contributed by atoms with E-state index < -0.39 is 27.1 Å². The molecule has 11 heteroatoms. The SMILES string of the molecule is O=C(Nc1ccccc1-c1cn2ccsc2n1)c1cc([N+](=O)[O-])cc([N+](=O)[O-])c1. The number of hydrogen-bond acceptors (Lipinski definition) is 7. The normalized spacial score (nSPS) is 10.8. The van der Waals surface area contributed by atoms with Crippen molar-refractivity contribution >= 4 is 39.3 Å². The Morgan fingerprint density at radius 3 is 2.41 bits per heavy atom. The predicted molar refractivity (Wildman–Crippen MR) is 106 cm³/mol. The zero-order valence-electron chi connectivity index (χ0n) is 14.5. The van der Waals surface area contributed by atoms with Crippen LogP contribution in [0.2, 0.25) is 0 Å². The molecule has 4 aromatic rings. The van der Waals surface area contributed by atoms with E-state index in [1.54, 1.807) is 24.3 Å². The summed E-state index contributed by atoms with van der Waals surface area (Å²) in [6, 6.07) is 9.74. The number of rotatable bonds is 5. The van der Waals surface area contributed by atoms with Gasteiger partial charge < -0.3 is 5.32 Å². The molecule has 0 atom stereocenters. The summed E-state index contributed by atoms with van der Waals surface area (Å²) in [7, 11) is 0. The number of nitro groups is 2. The lowest BCUT2D eigenvalue weighted by Crippen LogP contribution is -2.13. The van der Waals surface area contributed by atoms with E-state index in [0.717, 1.165) is 23.2 Å². The summed E-state index contributed by atoms with van der Waals surface area (Å²) in [5, 5.41) is 26.7. The van der Waals surface area contributed by atoms with Crippen LogP contribution in [0.3, 0.4) is 0 Å². The van der Waals surface area contributed by atoms with Crippen molar-refractivity contribution in [3.63, 3.8) is 0 Å². The van der Waals surface area contributed by atoms with E-state index in [0.29, 0.717) is 16.9 Å². The van der Waals surface area contributed by atoms with Gasteiger partial charge in [-0.3, -0.25) is 29.4 Å². The third kappa shape index (κ3) is 3.53. The van der Waals surface area contributed by atoms with Crippen molar-refractivity contribution in [3.05, 3.63) is 86.0 Å². The standard InChI is InChI=1S/C18H11N5O5S/c24-17(11-7-12(22(25)26)9-13(8-11)23(27)28)19-15-4-2-1-3-14(15)16-10-21-5-6-29-18(21)20-16/h1-10H,(H,19,24). The van der Waals surface area contributed by atoms with E-state index in [9.17, 15) is 25.0 Å². The van der Waals surface area contributed by atoms with Crippen molar-refractivity contribution in [2.24, 2.45) is 0 Å². The van der Waals surface area contributed by atoms with Gasteiger partial charge in [0.05, 0.1) is 32.9 Å². The molecule has 2 aromatic heterocycles. The van der Waals surface area contributed by atoms with Gasteiger partial charge in [-0.25, -0.2) is 4.98 Å². The molecule has 2 aromatic carbocycles. The lowest BCUT2D eigenvalue weighted by atomic mass is 10.1. The number of aromatic nitrogens is 2. The zero-order chi connectivity index (χ0) is 20.5. The van der Waals surface area contributed by atoms with Crippen molar-refractivity contribution in [3.8, 4) is 11.3 Å². The number of thiazole rings is 1. The van der Waals surface area contributed by atoms with Gasteiger partial charge in [-0.1, -0.05) is 18.2 Å². The van der Waals surface area contributed by atoms with Crippen LogP contribution in [-0.2, 0) is 0 Å². The van der Waals surface area contributed by atoms with Gasteiger partial charge in [0.25, 0.3) is 17.3 Å². The van der Waals surface area contributed by atoms with Gasteiger partial charge in [0, 0.05) is 35.5 Å². The molecule has 1 amide bonds. The van der Waals surface area contributed by atoms with E-state index >= 15 is 0 Å². The molecule has 0 saturated carbocycles. The fourth-order valence-corrected chi connectivity index (χ4v) is 3.50. The topological polar surface area (TPSA) is 133 Å². The number of benzene rings is 2. The summed E-state index contributed by atoms with van der Waals surface area (Å²) in [6.07, 6.45) is 3.68. The number of para-hydroxylation sites is 1. The molecule has 144 valence electrons. The highest BCUT2D eigenvalue weighted by molar-refractivity contribution is 7.15. The fraction of sp³-hybridized carbons (Fsp3) is 0. The Morgan fingerprint density at radius 1 is 1.07 bits per heavy atom. The third-order valence-corrected chi connectivity index (χ3v) is 4.90. The number of non-ortho nitro benzene ring substituents is 2. The van der Waals surface area contributed by atoms with Crippen LogP contribution in [0.5, 0.6) is 0 Å². The molecule has 0 spiro atoms. The maximum Gasteiger partial charge on any atom is 0.277 e. The third-order valence-electron chi connectivity index (χ3n) is 4.13. The molecule has 0 aliphatic rings. The summed E-state index contributed by atoms with van der Waals surface area (Å²) >= 11 is 1.46. The number of carbonyl (C=O) groups excluding carboxylic acids is 1. The molecular formula is C18H11N5O5S. The smallest absolute Gasteiger partial charge is 0.277 e. The number of nitrogens with one attached hydrogen (secondary N) is 1. The number of fused-ring (bicyclic) bond motifs is 1. The minimum absolute atomic E-state index is 0.188. The van der Waals surface area contributed by atoms with E-state index in [-0.39, 0.29) is 5.56 Å². The number of imidazole rings is 1. The van der Waals surface area contributed by atoms with Crippen molar-refractivity contribution in [2.75, 3.05) is 5.32 Å². The van der Waals surface area contributed by atoms with Crippen molar-refractivity contribution in [1.82, 2.24) is 9.38 Å². The quantitative estimate of drug-likeness (QED) is 0.389. The fourth-order valence-electron chi connectivity index (χ4n) is 2.80. The summed E-state index contributed by atoms with van der Waals surface area (Å²) in [6.45, 7) is 0.